The molecule has 3 rings (SSSR count). The zero-order valence-electron chi connectivity index (χ0n) is 11.3. The van der Waals surface area contributed by atoms with Crippen molar-refractivity contribution in [2.75, 3.05) is 13.3 Å². The Morgan fingerprint density at radius 2 is 1.86 bits per heavy atom. The van der Waals surface area contributed by atoms with E-state index in [0.717, 1.165) is 27.1 Å². The molecule has 1 N–H and O–H groups in total. The van der Waals surface area contributed by atoms with Crippen LogP contribution in [0.1, 0.15) is 15.9 Å². The van der Waals surface area contributed by atoms with E-state index in [4.69, 9.17) is 9.47 Å². The van der Waals surface area contributed by atoms with Gasteiger partial charge in [0.2, 0.25) is 6.79 Å². The minimum Gasteiger partial charge on any atom is -0.454 e. The number of carbonyl (C=O) groups excluding carboxylic acids is 1. The Kier molecular flexibility index (Phi) is 4.28. The molecular formula is C16H14INO3. The highest BCUT2D eigenvalue weighted by molar-refractivity contribution is 14.1. The number of halogens is 1. The van der Waals surface area contributed by atoms with E-state index in [9.17, 15) is 4.79 Å². The summed E-state index contributed by atoms with van der Waals surface area (Å²) in [6, 6.07) is 13.4. The van der Waals surface area contributed by atoms with Crippen LogP contribution in [-0.4, -0.2) is 19.2 Å². The van der Waals surface area contributed by atoms with Crippen LogP contribution in [0, 0.1) is 3.57 Å². The molecular weight excluding hydrogens is 381 g/mol. The Hall–Kier alpha value is -1.76. The van der Waals surface area contributed by atoms with Crippen LogP contribution in [0.3, 0.4) is 0 Å². The van der Waals surface area contributed by atoms with E-state index < -0.39 is 0 Å². The highest BCUT2D eigenvalue weighted by atomic mass is 127. The van der Waals surface area contributed by atoms with Gasteiger partial charge in [0.15, 0.2) is 11.5 Å². The molecule has 0 aromatic heterocycles. The highest BCUT2D eigenvalue weighted by Crippen LogP contribution is 2.32. The summed E-state index contributed by atoms with van der Waals surface area (Å²) in [4.78, 5) is 12.0. The van der Waals surface area contributed by atoms with Crippen LogP contribution < -0.4 is 14.8 Å². The number of benzene rings is 2. The van der Waals surface area contributed by atoms with Crippen molar-refractivity contribution in [2.24, 2.45) is 0 Å². The van der Waals surface area contributed by atoms with Crippen LogP contribution in [-0.2, 0) is 6.42 Å². The van der Waals surface area contributed by atoms with Crippen LogP contribution in [0.4, 0.5) is 0 Å². The Bertz CT molecular complexity index is 655. The number of ether oxygens (including phenoxy) is 2. The number of fused-ring (bicyclic) bond motifs is 1. The normalized spacial score (nSPS) is 12.2. The molecule has 4 nitrogen and oxygen atoms in total. The molecule has 0 radical (unpaired) electrons. The van der Waals surface area contributed by atoms with Crippen molar-refractivity contribution in [1.29, 1.82) is 0 Å². The molecule has 0 unspecified atom stereocenters. The smallest absolute Gasteiger partial charge is 0.251 e. The Labute approximate surface area is 136 Å². The molecule has 0 spiro atoms. The topological polar surface area (TPSA) is 47.6 Å². The Morgan fingerprint density at radius 3 is 2.67 bits per heavy atom. The van der Waals surface area contributed by atoms with Gasteiger partial charge in [-0.2, -0.15) is 0 Å². The lowest BCUT2D eigenvalue weighted by atomic mass is 10.1. The quantitative estimate of drug-likeness (QED) is 0.810. The van der Waals surface area contributed by atoms with Gasteiger partial charge in [-0.05, 0) is 71.0 Å². The van der Waals surface area contributed by atoms with Crippen molar-refractivity contribution >= 4 is 28.5 Å². The van der Waals surface area contributed by atoms with Crippen LogP contribution in [0.5, 0.6) is 11.5 Å². The van der Waals surface area contributed by atoms with Crippen LogP contribution in [0.15, 0.2) is 42.5 Å². The maximum absolute atomic E-state index is 12.0. The van der Waals surface area contributed by atoms with E-state index in [1.54, 1.807) is 0 Å². The third-order valence-corrected chi connectivity index (χ3v) is 3.96. The lowest BCUT2D eigenvalue weighted by molar-refractivity contribution is 0.0954. The second kappa shape index (κ2) is 6.34. The number of carbonyl (C=O) groups is 1. The second-order valence-corrected chi connectivity index (χ2v) is 5.95. The maximum Gasteiger partial charge on any atom is 0.251 e. The summed E-state index contributed by atoms with van der Waals surface area (Å²) in [7, 11) is 0. The van der Waals surface area contributed by atoms with Crippen molar-refractivity contribution in [2.45, 2.75) is 6.42 Å². The third kappa shape index (κ3) is 3.47. The van der Waals surface area contributed by atoms with E-state index >= 15 is 0 Å². The number of hydrogen-bond acceptors (Lipinski definition) is 3. The molecule has 0 saturated carbocycles. The molecule has 1 amide bonds. The summed E-state index contributed by atoms with van der Waals surface area (Å²) >= 11 is 2.22. The largest absolute Gasteiger partial charge is 0.454 e. The standard InChI is InChI=1S/C16H14INO3/c17-13-4-2-12(3-5-13)16(19)18-8-7-11-1-6-14-15(9-11)21-10-20-14/h1-6,9H,7-8,10H2,(H,18,19). The van der Waals surface area contributed by atoms with Gasteiger partial charge >= 0.3 is 0 Å². The fourth-order valence-electron chi connectivity index (χ4n) is 2.12. The zero-order chi connectivity index (χ0) is 14.7. The zero-order valence-corrected chi connectivity index (χ0v) is 13.4. The Morgan fingerprint density at radius 1 is 1.10 bits per heavy atom. The van der Waals surface area contributed by atoms with Crippen molar-refractivity contribution in [3.8, 4) is 11.5 Å². The first-order valence-corrected chi connectivity index (χ1v) is 7.72. The molecule has 2 aromatic rings. The minimum atomic E-state index is -0.0489. The third-order valence-electron chi connectivity index (χ3n) is 3.24. The highest BCUT2D eigenvalue weighted by Gasteiger charge is 2.13. The average Bonchev–Trinajstić information content (AvgIpc) is 2.95. The molecule has 21 heavy (non-hydrogen) atoms. The van der Waals surface area contributed by atoms with Gasteiger partial charge in [-0.3, -0.25) is 4.79 Å². The molecule has 2 aromatic carbocycles. The van der Waals surface area contributed by atoms with Gasteiger partial charge in [-0.25, -0.2) is 0 Å². The number of rotatable bonds is 4. The van der Waals surface area contributed by atoms with Gasteiger partial charge in [0.05, 0.1) is 0 Å². The fourth-order valence-corrected chi connectivity index (χ4v) is 2.48. The molecule has 108 valence electrons. The fraction of sp³-hybridized carbons (Fsp3) is 0.188. The summed E-state index contributed by atoms with van der Waals surface area (Å²) in [6.07, 6.45) is 0.757. The summed E-state index contributed by atoms with van der Waals surface area (Å²) in [5.74, 6) is 1.50. The second-order valence-electron chi connectivity index (χ2n) is 4.70. The van der Waals surface area contributed by atoms with E-state index in [1.165, 1.54) is 0 Å². The molecule has 1 heterocycles. The van der Waals surface area contributed by atoms with Gasteiger partial charge in [0.1, 0.15) is 0 Å². The average molecular weight is 395 g/mol. The first-order chi connectivity index (χ1) is 10.2. The predicted molar refractivity (Wildman–Crippen MR) is 87.8 cm³/mol. The molecule has 0 aliphatic carbocycles. The summed E-state index contributed by atoms with van der Waals surface area (Å²) < 4.78 is 11.7. The van der Waals surface area contributed by atoms with Gasteiger partial charge in [0, 0.05) is 15.7 Å². The van der Waals surface area contributed by atoms with Crippen LogP contribution in [0.25, 0.3) is 0 Å². The van der Waals surface area contributed by atoms with Crippen molar-refractivity contribution in [1.82, 2.24) is 5.32 Å². The summed E-state index contributed by atoms with van der Waals surface area (Å²) in [5, 5.41) is 2.92. The SMILES string of the molecule is O=C(NCCc1ccc2c(c1)OCO2)c1ccc(I)cc1. The lowest BCUT2D eigenvalue weighted by Crippen LogP contribution is -2.25. The van der Waals surface area contributed by atoms with E-state index in [1.807, 2.05) is 42.5 Å². The summed E-state index contributed by atoms with van der Waals surface area (Å²) in [5.41, 5.74) is 1.79. The van der Waals surface area contributed by atoms with Crippen molar-refractivity contribution < 1.29 is 14.3 Å². The van der Waals surface area contributed by atoms with Gasteiger partial charge < -0.3 is 14.8 Å². The molecule has 1 aliphatic heterocycles. The number of nitrogens with one attached hydrogen (secondary N) is 1. The van der Waals surface area contributed by atoms with Gasteiger partial charge in [0.25, 0.3) is 5.91 Å². The molecule has 0 bridgehead atoms. The van der Waals surface area contributed by atoms with Crippen molar-refractivity contribution in [3.05, 3.63) is 57.2 Å². The molecule has 0 atom stereocenters. The number of hydrogen-bond donors (Lipinski definition) is 1. The van der Waals surface area contributed by atoms with Crippen LogP contribution in [0.2, 0.25) is 0 Å². The van der Waals surface area contributed by atoms with Crippen molar-refractivity contribution in [3.63, 3.8) is 0 Å². The van der Waals surface area contributed by atoms with E-state index in [2.05, 4.69) is 27.9 Å². The Balaban J connectivity index is 1.54. The molecule has 5 heteroatoms. The van der Waals surface area contributed by atoms with E-state index in [0.29, 0.717) is 12.1 Å². The lowest BCUT2D eigenvalue weighted by Gasteiger charge is -2.06. The van der Waals surface area contributed by atoms with Gasteiger partial charge in [-0.1, -0.05) is 6.07 Å². The first-order valence-electron chi connectivity index (χ1n) is 6.65. The van der Waals surface area contributed by atoms with E-state index in [-0.39, 0.29) is 12.7 Å². The van der Waals surface area contributed by atoms with Gasteiger partial charge in [-0.15, -0.1) is 0 Å². The first kappa shape index (κ1) is 14.2. The minimum absolute atomic E-state index is 0.0489. The monoisotopic (exact) mass is 395 g/mol. The predicted octanol–water partition coefficient (Wildman–Crippen LogP) is 2.99. The molecule has 1 aliphatic rings. The maximum atomic E-state index is 12.0. The molecule has 0 saturated heterocycles. The van der Waals surface area contributed by atoms with Crippen LogP contribution >= 0.6 is 22.6 Å². The number of amides is 1. The summed E-state index contributed by atoms with van der Waals surface area (Å²) in [6.45, 7) is 0.868. The molecule has 0 fully saturated rings.